The van der Waals surface area contributed by atoms with E-state index in [0.29, 0.717) is 5.71 Å². The summed E-state index contributed by atoms with van der Waals surface area (Å²) in [5.74, 6) is 1.69. The van der Waals surface area contributed by atoms with Crippen LogP contribution in [0.5, 0.6) is 11.5 Å². The molecule has 27 heavy (non-hydrogen) atoms. The number of pyridine rings is 1. The largest absolute Gasteiger partial charge is 0.453 e. The van der Waals surface area contributed by atoms with Crippen molar-refractivity contribution in [2.45, 2.75) is 0 Å². The van der Waals surface area contributed by atoms with E-state index in [4.69, 9.17) is 9.15 Å². The number of hydrogen-bond acceptors (Lipinski definition) is 4. The van der Waals surface area contributed by atoms with Gasteiger partial charge in [-0.2, -0.15) is 0 Å². The predicted molar refractivity (Wildman–Crippen MR) is 106 cm³/mol. The zero-order chi connectivity index (χ0) is 17.8. The minimum Gasteiger partial charge on any atom is -0.453 e. The Labute approximate surface area is 155 Å². The molecular formula is C23H14N2O2. The second kappa shape index (κ2) is 5.35. The molecule has 3 heterocycles. The number of aromatic nitrogens is 1. The van der Waals surface area contributed by atoms with Crippen molar-refractivity contribution in [3.05, 3.63) is 85.1 Å². The molecule has 0 unspecified atom stereocenters. The van der Waals surface area contributed by atoms with E-state index in [-0.39, 0.29) is 0 Å². The third-order valence-corrected chi connectivity index (χ3v) is 4.92. The lowest BCUT2D eigenvalue weighted by atomic mass is 10.1. The molecule has 0 N–H and O–H groups in total. The Morgan fingerprint density at radius 1 is 0.704 bits per heavy atom. The zero-order valence-electron chi connectivity index (χ0n) is 14.3. The number of nitrogens with zero attached hydrogens (tertiary/aromatic N) is 2. The molecular weight excluding hydrogens is 336 g/mol. The van der Waals surface area contributed by atoms with Gasteiger partial charge in [0.25, 0.3) is 0 Å². The number of ether oxygens (including phenoxy) is 1. The highest BCUT2D eigenvalue weighted by Gasteiger charge is 2.25. The first kappa shape index (κ1) is 14.4. The molecule has 0 atom stereocenters. The first-order valence-electron chi connectivity index (χ1n) is 8.82. The third kappa shape index (κ3) is 2.07. The maximum atomic E-state index is 6.10. The van der Waals surface area contributed by atoms with Crippen molar-refractivity contribution in [1.82, 2.24) is 4.98 Å². The van der Waals surface area contributed by atoms with Crippen molar-refractivity contribution in [3.8, 4) is 11.5 Å². The van der Waals surface area contributed by atoms with Gasteiger partial charge in [-0.3, -0.25) is 0 Å². The summed E-state index contributed by atoms with van der Waals surface area (Å²) in [4.78, 5) is 6.56. The summed E-state index contributed by atoms with van der Waals surface area (Å²) >= 11 is 0. The molecule has 4 nitrogen and oxygen atoms in total. The minimum absolute atomic E-state index is 0.660. The van der Waals surface area contributed by atoms with Crippen LogP contribution in [-0.4, -0.2) is 4.98 Å². The number of benzene rings is 3. The Kier molecular flexibility index (Phi) is 2.85. The van der Waals surface area contributed by atoms with Gasteiger partial charge in [0.15, 0.2) is 11.5 Å². The van der Waals surface area contributed by atoms with E-state index in [2.05, 4.69) is 34.1 Å². The maximum Gasteiger partial charge on any atom is 0.227 e. The van der Waals surface area contributed by atoms with Crippen LogP contribution in [0.4, 0.5) is 17.1 Å². The van der Waals surface area contributed by atoms with Crippen molar-refractivity contribution >= 4 is 39.1 Å². The van der Waals surface area contributed by atoms with Gasteiger partial charge in [-0.15, -0.1) is 0 Å². The topological polar surface area (TPSA) is 38.5 Å². The van der Waals surface area contributed by atoms with Crippen LogP contribution in [0.2, 0.25) is 0 Å². The zero-order valence-corrected chi connectivity index (χ0v) is 14.3. The van der Waals surface area contributed by atoms with Gasteiger partial charge in [-0.05, 0) is 54.6 Å². The molecule has 4 heteroatoms. The number of furan rings is 1. The quantitative estimate of drug-likeness (QED) is 0.337. The van der Waals surface area contributed by atoms with E-state index in [1.807, 2.05) is 54.6 Å². The van der Waals surface area contributed by atoms with Gasteiger partial charge in [-0.1, -0.05) is 24.3 Å². The first-order chi connectivity index (χ1) is 13.4. The van der Waals surface area contributed by atoms with Crippen molar-refractivity contribution in [1.29, 1.82) is 0 Å². The van der Waals surface area contributed by atoms with Gasteiger partial charge < -0.3 is 14.1 Å². The monoisotopic (exact) mass is 350 g/mol. The Morgan fingerprint density at radius 2 is 1.44 bits per heavy atom. The van der Waals surface area contributed by atoms with Crippen molar-refractivity contribution in [2.75, 3.05) is 4.90 Å². The summed E-state index contributed by atoms with van der Waals surface area (Å²) in [6.07, 6.45) is 1.75. The highest BCUT2D eigenvalue weighted by Crippen LogP contribution is 2.50. The molecule has 5 aromatic rings. The van der Waals surface area contributed by atoms with Gasteiger partial charge in [0, 0.05) is 22.7 Å². The summed E-state index contributed by atoms with van der Waals surface area (Å²) in [5, 5.41) is 2.07. The van der Waals surface area contributed by atoms with Crippen LogP contribution >= 0.6 is 0 Å². The predicted octanol–water partition coefficient (Wildman–Crippen LogP) is 6.56. The van der Waals surface area contributed by atoms with E-state index in [9.17, 15) is 0 Å². The van der Waals surface area contributed by atoms with Crippen LogP contribution < -0.4 is 9.64 Å². The molecule has 6 rings (SSSR count). The average Bonchev–Trinajstić information content (AvgIpc) is 3.10. The second-order valence-corrected chi connectivity index (χ2v) is 6.51. The fraction of sp³-hybridized carbons (Fsp3) is 0. The molecule has 0 amide bonds. The Balaban J connectivity index is 1.63. The molecule has 0 fully saturated rings. The van der Waals surface area contributed by atoms with Crippen LogP contribution in [-0.2, 0) is 0 Å². The van der Waals surface area contributed by atoms with Gasteiger partial charge in [0.1, 0.15) is 5.58 Å². The fourth-order valence-electron chi connectivity index (χ4n) is 3.72. The average molecular weight is 350 g/mol. The summed E-state index contributed by atoms with van der Waals surface area (Å²) < 4.78 is 12.0. The highest BCUT2D eigenvalue weighted by molar-refractivity contribution is 6.05. The molecule has 2 aromatic heterocycles. The van der Waals surface area contributed by atoms with Crippen molar-refractivity contribution in [2.24, 2.45) is 0 Å². The number of para-hydroxylation sites is 4. The molecule has 3 aromatic carbocycles. The smallest absolute Gasteiger partial charge is 0.227 e. The lowest BCUT2D eigenvalue weighted by Crippen LogP contribution is -2.15. The van der Waals surface area contributed by atoms with Crippen LogP contribution in [0, 0.1) is 0 Å². The summed E-state index contributed by atoms with van der Waals surface area (Å²) in [6, 6.07) is 26.4. The number of anilines is 3. The first-order valence-corrected chi connectivity index (χ1v) is 8.82. The summed E-state index contributed by atoms with van der Waals surface area (Å²) in [7, 11) is 0. The van der Waals surface area contributed by atoms with E-state index < -0.39 is 0 Å². The number of fused-ring (bicyclic) bond motifs is 5. The number of rotatable bonds is 1. The van der Waals surface area contributed by atoms with Gasteiger partial charge >= 0.3 is 0 Å². The normalized spacial score (nSPS) is 12.7. The van der Waals surface area contributed by atoms with Gasteiger partial charge in [0.2, 0.25) is 5.71 Å². The van der Waals surface area contributed by atoms with Crippen LogP contribution in [0.25, 0.3) is 22.1 Å². The third-order valence-electron chi connectivity index (χ3n) is 4.92. The lowest BCUT2D eigenvalue weighted by molar-refractivity contribution is 0.477. The molecule has 0 aliphatic carbocycles. The van der Waals surface area contributed by atoms with E-state index >= 15 is 0 Å². The molecule has 1 aliphatic rings. The number of hydrogen-bond donors (Lipinski definition) is 0. The van der Waals surface area contributed by atoms with Gasteiger partial charge in [0.05, 0.1) is 11.4 Å². The SMILES string of the molecule is c1ccc2c(c1)Oc1ccccc1N2c1ccc2oc3ncccc3c2c1. The minimum atomic E-state index is 0.660. The second-order valence-electron chi connectivity index (χ2n) is 6.51. The lowest BCUT2D eigenvalue weighted by Gasteiger charge is -2.32. The van der Waals surface area contributed by atoms with Gasteiger partial charge in [-0.25, -0.2) is 4.98 Å². The Hall–Kier alpha value is -3.79. The van der Waals surface area contributed by atoms with Crippen LogP contribution in [0.3, 0.4) is 0 Å². The van der Waals surface area contributed by atoms with E-state index in [1.165, 1.54) is 0 Å². The molecule has 0 bridgehead atoms. The maximum absolute atomic E-state index is 6.10. The van der Waals surface area contributed by atoms with Crippen LogP contribution in [0.15, 0.2) is 89.5 Å². The standard InChI is InChI=1S/C23H14N2O2/c1-3-9-21-18(7-1)25(19-8-2-4-10-22(19)26-21)15-11-12-20-17(14-15)16-6-5-13-24-23(16)27-20/h1-14H. The van der Waals surface area contributed by atoms with E-state index in [1.54, 1.807) is 6.20 Å². The summed E-state index contributed by atoms with van der Waals surface area (Å²) in [5.41, 5.74) is 4.58. The molecule has 0 radical (unpaired) electrons. The molecule has 0 spiro atoms. The molecule has 0 saturated heterocycles. The fourth-order valence-corrected chi connectivity index (χ4v) is 3.72. The van der Waals surface area contributed by atoms with Crippen LogP contribution in [0.1, 0.15) is 0 Å². The Bertz CT molecular complexity index is 1280. The molecule has 1 aliphatic heterocycles. The summed E-state index contributed by atoms with van der Waals surface area (Å²) in [6.45, 7) is 0. The molecule has 0 saturated carbocycles. The molecule has 128 valence electrons. The van der Waals surface area contributed by atoms with Crippen molar-refractivity contribution in [3.63, 3.8) is 0 Å². The Morgan fingerprint density at radius 3 is 2.22 bits per heavy atom. The van der Waals surface area contributed by atoms with Crippen molar-refractivity contribution < 1.29 is 9.15 Å². The highest BCUT2D eigenvalue weighted by atomic mass is 16.5. The van der Waals surface area contributed by atoms with E-state index in [0.717, 1.165) is 44.9 Å².